The Hall–Kier alpha value is -2.45. The molecule has 0 saturated carbocycles. The van der Waals surface area contributed by atoms with Crippen LogP contribution in [-0.4, -0.2) is 17.1 Å². The molecule has 1 heterocycles. The number of nitrogens with two attached hydrogens (primary N) is 1. The van der Waals surface area contributed by atoms with Crippen molar-refractivity contribution >= 4 is 0 Å². The Labute approximate surface area is 148 Å². The van der Waals surface area contributed by atoms with Gasteiger partial charge in [0.25, 0.3) is 0 Å². The predicted octanol–water partition coefficient (Wildman–Crippen LogP) is 4.21. The van der Waals surface area contributed by atoms with Crippen LogP contribution in [-0.2, 0) is 0 Å². The summed E-state index contributed by atoms with van der Waals surface area (Å²) in [6.07, 6.45) is 2.00. The second-order valence-corrected chi connectivity index (χ2v) is 7.17. The third-order valence-electron chi connectivity index (χ3n) is 3.84. The maximum Gasteiger partial charge on any atom is 0.149 e. The molecule has 0 aliphatic rings. The van der Waals surface area contributed by atoms with Crippen LogP contribution < -0.4 is 10.5 Å². The van der Waals surface area contributed by atoms with Gasteiger partial charge in [0.1, 0.15) is 24.2 Å². The van der Waals surface area contributed by atoms with Crippen molar-refractivity contribution in [2.75, 3.05) is 6.61 Å². The molecule has 0 amide bonds. The third-order valence-corrected chi connectivity index (χ3v) is 3.84. The molecule has 2 N–H and O–H groups in total. The Morgan fingerprint density at radius 3 is 2.72 bits per heavy atom. The molecule has 1 atom stereocenters. The topological polar surface area (TPSA) is 71.9 Å². The predicted molar refractivity (Wildman–Crippen MR) is 96.6 cm³/mol. The second-order valence-electron chi connectivity index (χ2n) is 7.17. The Kier molecular flexibility index (Phi) is 5.76. The largest absolute Gasteiger partial charge is 0.490 e. The molecule has 4 nitrogen and oxygen atoms in total. The van der Waals surface area contributed by atoms with E-state index >= 15 is 0 Å². The van der Waals surface area contributed by atoms with Crippen molar-refractivity contribution in [3.05, 3.63) is 47.5 Å². The van der Waals surface area contributed by atoms with Crippen LogP contribution in [0.3, 0.4) is 0 Å². The maximum absolute atomic E-state index is 14.0. The Morgan fingerprint density at radius 1 is 1.36 bits per heavy atom. The van der Waals surface area contributed by atoms with Crippen LogP contribution in [0.15, 0.2) is 30.5 Å². The number of nitrogens with zero attached hydrogens (tertiary/aromatic N) is 2. The summed E-state index contributed by atoms with van der Waals surface area (Å²) < 4.78 is 19.8. The SMILES string of the molecule is Cc1cc(-c2ccc(OCC(C)(N)CC(C)C)c(C#N)c2)c(F)cn1. The van der Waals surface area contributed by atoms with Gasteiger partial charge in [0.05, 0.1) is 11.8 Å². The standard InChI is InChI=1S/C20H24FN3O/c1-13(2)9-20(4,23)12-25-19-6-5-15(8-16(19)10-22)17-7-14(3)24-11-18(17)21/h5-8,11,13H,9,12,23H2,1-4H3. The molecule has 1 unspecified atom stereocenters. The van der Waals surface area contributed by atoms with Crippen molar-refractivity contribution in [2.45, 2.75) is 39.7 Å². The first-order chi connectivity index (χ1) is 11.7. The van der Waals surface area contributed by atoms with E-state index in [0.717, 1.165) is 6.42 Å². The van der Waals surface area contributed by atoms with Crippen LogP contribution >= 0.6 is 0 Å². The summed E-state index contributed by atoms with van der Waals surface area (Å²) in [5, 5.41) is 9.42. The molecule has 2 aromatic rings. The maximum atomic E-state index is 14.0. The summed E-state index contributed by atoms with van der Waals surface area (Å²) in [5.41, 5.74) is 7.87. The smallest absolute Gasteiger partial charge is 0.149 e. The van der Waals surface area contributed by atoms with Gasteiger partial charge < -0.3 is 10.5 Å². The highest BCUT2D eigenvalue weighted by atomic mass is 19.1. The van der Waals surface area contributed by atoms with Crippen molar-refractivity contribution in [1.82, 2.24) is 4.98 Å². The van der Waals surface area contributed by atoms with Gasteiger partial charge in [-0.05, 0) is 49.9 Å². The molecule has 1 aromatic carbocycles. The lowest BCUT2D eigenvalue weighted by atomic mass is 9.93. The number of nitriles is 1. The van der Waals surface area contributed by atoms with E-state index in [-0.39, 0.29) is 0 Å². The fourth-order valence-corrected chi connectivity index (χ4v) is 2.91. The van der Waals surface area contributed by atoms with Crippen molar-refractivity contribution in [1.29, 1.82) is 5.26 Å². The minimum atomic E-state index is -0.478. The third kappa shape index (κ3) is 5.01. The summed E-state index contributed by atoms with van der Waals surface area (Å²) in [5.74, 6) is 0.488. The van der Waals surface area contributed by atoms with Gasteiger partial charge in [0.15, 0.2) is 0 Å². The molecule has 0 bridgehead atoms. The summed E-state index contributed by atoms with van der Waals surface area (Å²) >= 11 is 0. The zero-order valence-electron chi connectivity index (χ0n) is 15.1. The van der Waals surface area contributed by atoms with E-state index < -0.39 is 11.4 Å². The number of halogens is 1. The van der Waals surface area contributed by atoms with Crippen LogP contribution in [0.25, 0.3) is 11.1 Å². The van der Waals surface area contributed by atoms with E-state index in [1.54, 1.807) is 31.2 Å². The van der Waals surface area contributed by atoms with Crippen LogP contribution in [0, 0.1) is 30.0 Å². The van der Waals surface area contributed by atoms with E-state index in [0.29, 0.717) is 40.7 Å². The molecule has 0 saturated heterocycles. The first kappa shape index (κ1) is 18.9. The average Bonchev–Trinajstić information content (AvgIpc) is 2.54. The molecular formula is C20H24FN3O. The van der Waals surface area contributed by atoms with Crippen molar-refractivity contribution in [2.24, 2.45) is 11.7 Å². The number of pyridine rings is 1. The molecule has 132 valence electrons. The van der Waals surface area contributed by atoms with E-state index in [2.05, 4.69) is 24.9 Å². The quantitative estimate of drug-likeness (QED) is 0.854. The van der Waals surface area contributed by atoms with Gasteiger partial charge in [-0.1, -0.05) is 19.9 Å². The van der Waals surface area contributed by atoms with Crippen LogP contribution in [0.4, 0.5) is 4.39 Å². The number of rotatable bonds is 6. The van der Waals surface area contributed by atoms with Gasteiger partial charge >= 0.3 is 0 Å². The van der Waals surface area contributed by atoms with Crippen LogP contribution in [0.2, 0.25) is 0 Å². The van der Waals surface area contributed by atoms with E-state index in [1.165, 1.54) is 6.20 Å². The molecular weight excluding hydrogens is 317 g/mol. The Balaban J connectivity index is 2.26. The first-order valence-corrected chi connectivity index (χ1v) is 8.30. The summed E-state index contributed by atoms with van der Waals surface area (Å²) in [7, 11) is 0. The fraction of sp³-hybridized carbons (Fsp3) is 0.400. The van der Waals surface area contributed by atoms with Gasteiger partial charge in [0, 0.05) is 16.8 Å². The zero-order chi connectivity index (χ0) is 18.6. The lowest BCUT2D eigenvalue weighted by Crippen LogP contribution is -2.43. The normalized spacial score (nSPS) is 13.4. The van der Waals surface area contributed by atoms with Crippen LogP contribution in [0.1, 0.15) is 38.4 Å². The van der Waals surface area contributed by atoms with E-state index in [1.807, 2.05) is 6.92 Å². The molecule has 5 heteroatoms. The number of aryl methyl sites for hydroxylation is 1. The van der Waals surface area contributed by atoms with E-state index in [9.17, 15) is 9.65 Å². The molecule has 0 fully saturated rings. The molecule has 25 heavy (non-hydrogen) atoms. The van der Waals surface area contributed by atoms with Crippen molar-refractivity contribution in [3.63, 3.8) is 0 Å². The molecule has 1 aromatic heterocycles. The molecule has 0 spiro atoms. The summed E-state index contributed by atoms with van der Waals surface area (Å²) in [6, 6.07) is 8.83. The van der Waals surface area contributed by atoms with Crippen molar-refractivity contribution in [3.8, 4) is 22.9 Å². The number of hydrogen-bond donors (Lipinski definition) is 1. The van der Waals surface area contributed by atoms with Crippen LogP contribution in [0.5, 0.6) is 5.75 Å². The Morgan fingerprint density at radius 2 is 2.08 bits per heavy atom. The lowest BCUT2D eigenvalue weighted by Gasteiger charge is -2.26. The highest BCUT2D eigenvalue weighted by molar-refractivity contribution is 5.68. The minimum Gasteiger partial charge on any atom is -0.490 e. The second kappa shape index (κ2) is 7.62. The van der Waals surface area contributed by atoms with Gasteiger partial charge in [0.2, 0.25) is 0 Å². The van der Waals surface area contributed by atoms with Gasteiger partial charge in [-0.25, -0.2) is 4.39 Å². The number of hydrogen-bond acceptors (Lipinski definition) is 4. The number of benzene rings is 1. The van der Waals surface area contributed by atoms with Gasteiger partial charge in [-0.3, -0.25) is 4.98 Å². The van der Waals surface area contributed by atoms with E-state index in [4.69, 9.17) is 10.5 Å². The Bertz CT molecular complexity index is 794. The first-order valence-electron chi connectivity index (χ1n) is 8.30. The lowest BCUT2D eigenvalue weighted by molar-refractivity contribution is 0.206. The number of aromatic nitrogens is 1. The minimum absolute atomic E-state index is 0.307. The molecule has 0 radical (unpaired) electrons. The summed E-state index contributed by atoms with van der Waals surface area (Å²) in [4.78, 5) is 3.93. The molecule has 0 aliphatic carbocycles. The molecule has 2 rings (SSSR count). The highest BCUT2D eigenvalue weighted by Crippen LogP contribution is 2.29. The highest BCUT2D eigenvalue weighted by Gasteiger charge is 2.22. The summed E-state index contributed by atoms with van der Waals surface area (Å²) in [6.45, 7) is 8.24. The van der Waals surface area contributed by atoms with Gasteiger partial charge in [-0.2, -0.15) is 5.26 Å². The molecule has 0 aliphatic heterocycles. The fourth-order valence-electron chi connectivity index (χ4n) is 2.91. The monoisotopic (exact) mass is 341 g/mol. The zero-order valence-corrected chi connectivity index (χ0v) is 15.1. The number of ether oxygens (including phenoxy) is 1. The van der Waals surface area contributed by atoms with Gasteiger partial charge in [-0.15, -0.1) is 0 Å². The average molecular weight is 341 g/mol. The van der Waals surface area contributed by atoms with Crippen molar-refractivity contribution < 1.29 is 9.13 Å².